The fourth-order valence-corrected chi connectivity index (χ4v) is 4.28. The molecular weight excluding hydrogens is 437 g/mol. The van der Waals surface area contributed by atoms with Gasteiger partial charge >= 0.3 is 0 Å². The highest BCUT2D eigenvalue weighted by Crippen LogP contribution is 2.35. The molecule has 0 radical (unpaired) electrons. The number of sulfonamides is 1. The van der Waals surface area contributed by atoms with Crippen LogP contribution in [-0.4, -0.2) is 52.7 Å². The molecule has 0 unspecified atom stereocenters. The van der Waals surface area contributed by atoms with Crippen LogP contribution < -0.4 is 9.46 Å². The van der Waals surface area contributed by atoms with Crippen molar-refractivity contribution in [2.75, 3.05) is 39.4 Å². The lowest BCUT2D eigenvalue weighted by atomic mass is 10.2. The third-order valence-electron chi connectivity index (χ3n) is 4.30. The molecule has 0 aliphatic carbocycles. The molecule has 7 nitrogen and oxygen atoms in total. The van der Waals surface area contributed by atoms with E-state index in [2.05, 4.69) is 9.62 Å². The van der Waals surface area contributed by atoms with Crippen molar-refractivity contribution in [2.24, 2.45) is 0 Å². The van der Waals surface area contributed by atoms with E-state index in [4.69, 9.17) is 32.7 Å². The van der Waals surface area contributed by atoms with E-state index >= 15 is 0 Å². The second kappa shape index (κ2) is 9.76. The summed E-state index contributed by atoms with van der Waals surface area (Å²) in [6.45, 7) is 3.55. The topological polar surface area (TPSA) is 91.7 Å². The zero-order valence-electron chi connectivity index (χ0n) is 15.4. The van der Waals surface area contributed by atoms with Gasteiger partial charge < -0.3 is 9.47 Å². The molecule has 2 aromatic rings. The molecule has 2 aromatic carbocycles. The number of hydrogen-bond acceptors (Lipinski definition) is 6. The molecule has 0 amide bonds. The van der Waals surface area contributed by atoms with Gasteiger partial charge in [0, 0.05) is 37.3 Å². The number of hydrogen-bond donors (Lipinski definition) is 1. The third-order valence-corrected chi connectivity index (χ3v) is 6.33. The van der Waals surface area contributed by atoms with E-state index in [0.29, 0.717) is 24.8 Å². The maximum Gasteiger partial charge on any atom is 0.244 e. The van der Waals surface area contributed by atoms with E-state index in [0.717, 1.165) is 13.1 Å². The molecule has 3 rings (SSSR count). The van der Waals surface area contributed by atoms with Gasteiger partial charge in [0.15, 0.2) is 0 Å². The molecule has 1 heterocycles. The number of nitriles is 1. The molecule has 0 bridgehead atoms. The van der Waals surface area contributed by atoms with E-state index in [1.54, 1.807) is 12.1 Å². The van der Waals surface area contributed by atoms with Crippen molar-refractivity contribution >= 4 is 33.2 Å². The van der Waals surface area contributed by atoms with Gasteiger partial charge in [-0.3, -0.25) is 4.90 Å². The SMILES string of the molecule is N#Cc1ccc(Oc2cc(Cl)ccc2Cl)c(S(=O)(=O)NCCN2CCOCC2)c1. The predicted octanol–water partition coefficient (Wildman–Crippen LogP) is 3.27. The predicted molar refractivity (Wildman–Crippen MR) is 110 cm³/mol. The first kappa shape index (κ1) is 21.8. The Labute approximate surface area is 179 Å². The van der Waals surface area contributed by atoms with Crippen LogP contribution in [0.4, 0.5) is 0 Å². The van der Waals surface area contributed by atoms with E-state index < -0.39 is 10.0 Å². The summed E-state index contributed by atoms with van der Waals surface area (Å²) in [5, 5.41) is 9.85. The molecule has 0 spiro atoms. The summed E-state index contributed by atoms with van der Waals surface area (Å²) in [5.74, 6) is 0.265. The molecule has 29 heavy (non-hydrogen) atoms. The fourth-order valence-electron chi connectivity index (χ4n) is 2.79. The first-order valence-corrected chi connectivity index (χ1v) is 11.1. The molecule has 154 valence electrons. The van der Waals surface area contributed by atoms with Crippen molar-refractivity contribution in [3.8, 4) is 17.6 Å². The Morgan fingerprint density at radius 2 is 1.90 bits per heavy atom. The summed E-state index contributed by atoms with van der Waals surface area (Å²) in [6.07, 6.45) is 0. The monoisotopic (exact) mass is 455 g/mol. The average molecular weight is 456 g/mol. The van der Waals surface area contributed by atoms with E-state index in [1.165, 1.54) is 24.3 Å². The van der Waals surface area contributed by atoms with E-state index in [1.807, 2.05) is 6.07 Å². The highest BCUT2D eigenvalue weighted by Gasteiger charge is 2.22. The molecule has 1 N–H and O–H groups in total. The van der Waals surface area contributed by atoms with Gasteiger partial charge in [-0.1, -0.05) is 23.2 Å². The van der Waals surface area contributed by atoms with Crippen LogP contribution >= 0.6 is 23.2 Å². The number of benzene rings is 2. The third kappa shape index (κ3) is 5.82. The largest absolute Gasteiger partial charge is 0.454 e. The first-order valence-electron chi connectivity index (χ1n) is 8.86. The van der Waals surface area contributed by atoms with Gasteiger partial charge in [-0.25, -0.2) is 13.1 Å². The Morgan fingerprint density at radius 1 is 1.14 bits per heavy atom. The van der Waals surface area contributed by atoms with E-state index in [-0.39, 0.29) is 33.5 Å². The van der Waals surface area contributed by atoms with Crippen molar-refractivity contribution < 1.29 is 17.9 Å². The quantitative estimate of drug-likeness (QED) is 0.688. The summed E-state index contributed by atoms with van der Waals surface area (Å²) < 4.78 is 39.4. The molecule has 1 saturated heterocycles. The Kier molecular flexibility index (Phi) is 7.35. The van der Waals surface area contributed by atoms with Crippen LogP contribution in [0, 0.1) is 11.3 Å². The van der Waals surface area contributed by atoms with Gasteiger partial charge in [0.25, 0.3) is 0 Å². The highest BCUT2D eigenvalue weighted by atomic mass is 35.5. The van der Waals surface area contributed by atoms with Crippen molar-refractivity contribution in [1.82, 2.24) is 9.62 Å². The number of halogens is 2. The Bertz CT molecular complexity index is 1020. The summed E-state index contributed by atoms with van der Waals surface area (Å²) in [4.78, 5) is 1.97. The van der Waals surface area contributed by atoms with Gasteiger partial charge in [-0.05, 0) is 30.3 Å². The number of ether oxygens (including phenoxy) is 2. The van der Waals surface area contributed by atoms with Crippen molar-refractivity contribution in [3.63, 3.8) is 0 Å². The smallest absolute Gasteiger partial charge is 0.244 e. The minimum atomic E-state index is -3.93. The lowest BCUT2D eigenvalue weighted by Gasteiger charge is -2.26. The molecule has 1 aliphatic heterocycles. The Hall–Kier alpha value is -1.86. The standard InChI is InChI=1S/C19H19Cl2N3O4S/c20-15-2-3-16(21)18(12-15)28-17-4-1-14(13-22)11-19(17)29(25,26)23-5-6-24-7-9-27-10-8-24/h1-4,11-12,23H,5-10H2. The minimum Gasteiger partial charge on any atom is -0.454 e. The first-order chi connectivity index (χ1) is 13.9. The number of morpholine rings is 1. The number of nitrogens with one attached hydrogen (secondary N) is 1. The van der Waals surface area contributed by atoms with Crippen molar-refractivity contribution in [1.29, 1.82) is 5.26 Å². The van der Waals surface area contributed by atoms with Crippen LogP contribution in [0.3, 0.4) is 0 Å². The zero-order valence-corrected chi connectivity index (χ0v) is 17.7. The molecular formula is C19H19Cl2N3O4S. The number of rotatable bonds is 7. The van der Waals surface area contributed by atoms with Gasteiger partial charge in [0.2, 0.25) is 10.0 Å². The minimum absolute atomic E-state index is 0.0482. The second-order valence-corrected chi connectivity index (χ2v) is 8.88. The Morgan fingerprint density at radius 3 is 2.62 bits per heavy atom. The number of nitrogens with zero attached hydrogens (tertiary/aromatic N) is 2. The van der Waals surface area contributed by atoms with Crippen LogP contribution in [0.2, 0.25) is 10.0 Å². The van der Waals surface area contributed by atoms with Crippen LogP contribution in [0.25, 0.3) is 0 Å². The molecule has 0 aromatic heterocycles. The van der Waals surface area contributed by atoms with Gasteiger partial charge in [0.1, 0.15) is 16.4 Å². The maximum absolute atomic E-state index is 12.9. The fraction of sp³-hybridized carbons (Fsp3) is 0.316. The zero-order chi connectivity index (χ0) is 20.9. The van der Waals surface area contributed by atoms with Gasteiger partial charge in [0.05, 0.1) is 29.9 Å². The maximum atomic E-state index is 12.9. The van der Waals surface area contributed by atoms with Crippen LogP contribution in [0.1, 0.15) is 5.56 Å². The lowest BCUT2D eigenvalue weighted by Crippen LogP contribution is -2.41. The summed E-state index contributed by atoms with van der Waals surface area (Å²) in [5.41, 5.74) is 0.197. The highest BCUT2D eigenvalue weighted by molar-refractivity contribution is 7.89. The summed E-state index contributed by atoms with van der Waals surface area (Å²) in [7, 11) is -3.93. The van der Waals surface area contributed by atoms with Crippen molar-refractivity contribution in [3.05, 3.63) is 52.0 Å². The molecule has 1 aliphatic rings. The van der Waals surface area contributed by atoms with Gasteiger partial charge in [-0.2, -0.15) is 5.26 Å². The van der Waals surface area contributed by atoms with Crippen LogP contribution in [-0.2, 0) is 14.8 Å². The van der Waals surface area contributed by atoms with Crippen LogP contribution in [0.5, 0.6) is 11.5 Å². The summed E-state index contributed by atoms with van der Waals surface area (Å²) >= 11 is 12.1. The van der Waals surface area contributed by atoms with E-state index in [9.17, 15) is 13.7 Å². The molecule has 1 fully saturated rings. The lowest BCUT2D eigenvalue weighted by molar-refractivity contribution is 0.0390. The average Bonchev–Trinajstić information content (AvgIpc) is 2.71. The summed E-state index contributed by atoms with van der Waals surface area (Å²) in [6, 6.07) is 10.7. The molecule has 0 saturated carbocycles. The normalized spacial score (nSPS) is 15.1. The van der Waals surface area contributed by atoms with Crippen LogP contribution in [0.15, 0.2) is 41.3 Å². The Balaban J connectivity index is 1.82. The van der Waals surface area contributed by atoms with Crippen molar-refractivity contribution in [2.45, 2.75) is 4.90 Å². The van der Waals surface area contributed by atoms with Gasteiger partial charge in [-0.15, -0.1) is 0 Å². The molecule has 10 heteroatoms. The molecule has 0 atom stereocenters. The second-order valence-electron chi connectivity index (χ2n) is 6.30.